The van der Waals surface area contributed by atoms with Gasteiger partial charge in [-0.3, -0.25) is 4.79 Å². The van der Waals surface area contributed by atoms with Gasteiger partial charge >= 0.3 is 0 Å². The highest BCUT2D eigenvalue weighted by Gasteiger charge is 2.39. The molecular formula is C28H23ClFN3O2. The van der Waals surface area contributed by atoms with Crippen LogP contribution in [-0.2, 0) is 24.4 Å². The van der Waals surface area contributed by atoms with Crippen molar-refractivity contribution in [3.8, 4) is 11.1 Å². The molecule has 0 bridgehead atoms. The first-order valence-corrected chi connectivity index (χ1v) is 11.4. The van der Waals surface area contributed by atoms with Gasteiger partial charge in [0.2, 0.25) is 0 Å². The predicted molar refractivity (Wildman–Crippen MR) is 136 cm³/mol. The van der Waals surface area contributed by atoms with Crippen molar-refractivity contribution in [3.05, 3.63) is 123 Å². The van der Waals surface area contributed by atoms with Gasteiger partial charge in [-0.1, -0.05) is 48.0 Å². The SMILES string of the molecule is COC(c1ccc(Cl)cc1)(c1ccc2c(c1)c(-c1ccccc1F)cc(=O)n2C)c1cncn1C. The second-order valence-electron chi connectivity index (χ2n) is 8.45. The summed E-state index contributed by atoms with van der Waals surface area (Å²) in [6, 6.07) is 21.2. The minimum atomic E-state index is -1.04. The molecule has 5 rings (SSSR count). The van der Waals surface area contributed by atoms with Crippen molar-refractivity contribution in [2.75, 3.05) is 7.11 Å². The van der Waals surface area contributed by atoms with E-state index in [-0.39, 0.29) is 5.56 Å². The molecule has 2 heterocycles. The first kappa shape index (κ1) is 23.0. The molecule has 35 heavy (non-hydrogen) atoms. The standard InChI is InChI=1S/C28H23ClFN3O2/c1-32-17-31-16-26(32)28(35-3,18-8-11-20(29)12-9-18)19-10-13-25-23(14-19)22(15-27(34)33(25)2)21-6-4-5-7-24(21)30/h4-17H,1-3H3. The smallest absolute Gasteiger partial charge is 0.251 e. The molecule has 3 aromatic carbocycles. The van der Waals surface area contributed by atoms with E-state index in [2.05, 4.69) is 4.98 Å². The van der Waals surface area contributed by atoms with Gasteiger partial charge in [-0.05, 0) is 47.0 Å². The number of aromatic nitrogens is 3. The van der Waals surface area contributed by atoms with Crippen LogP contribution in [0.4, 0.5) is 4.39 Å². The normalized spacial score (nSPS) is 13.2. The fourth-order valence-electron chi connectivity index (χ4n) is 4.77. The van der Waals surface area contributed by atoms with E-state index >= 15 is 0 Å². The van der Waals surface area contributed by atoms with Crippen molar-refractivity contribution in [3.63, 3.8) is 0 Å². The molecule has 0 radical (unpaired) electrons. The number of pyridine rings is 1. The molecule has 0 aliphatic carbocycles. The quantitative estimate of drug-likeness (QED) is 0.321. The maximum Gasteiger partial charge on any atom is 0.251 e. The summed E-state index contributed by atoms with van der Waals surface area (Å²) >= 11 is 6.19. The largest absolute Gasteiger partial charge is 0.362 e. The first-order valence-electron chi connectivity index (χ1n) is 11.0. The van der Waals surface area contributed by atoms with Crippen LogP contribution in [0.15, 0.2) is 90.1 Å². The lowest BCUT2D eigenvalue weighted by Crippen LogP contribution is -2.33. The van der Waals surface area contributed by atoms with Crippen molar-refractivity contribution in [1.82, 2.24) is 14.1 Å². The Hall–Kier alpha value is -3.74. The Morgan fingerprint density at radius 1 is 0.943 bits per heavy atom. The van der Waals surface area contributed by atoms with Gasteiger partial charge in [0.1, 0.15) is 5.82 Å². The monoisotopic (exact) mass is 487 g/mol. The number of ether oxygens (including phenoxy) is 1. The zero-order valence-corrected chi connectivity index (χ0v) is 20.3. The third kappa shape index (κ3) is 3.66. The lowest BCUT2D eigenvalue weighted by Gasteiger charge is -2.34. The van der Waals surface area contributed by atoms with Gasteiger partial charge in [0, 0.05) is 43.2 Å². The fraction of sp³-hybridized carbons (Fsp3) is 0.143. The number of fused-ring (bicyclic) bond motifs is 1. The van der Waals surface area contributed by atoms with Crippen molar-refractivity contribution in [2.24, 2.45) is 14.1 Å². The molecular weight excluding hydrogens is 465 g/mol. The first-order chi connectivity index (χ1) is 16.9. The van der Waals surface area contributed by atoms with E-state index in [0.717, 1.165) is 22.2 Å². The molecule has 7 heteroatoms. The van der Waals surface area contributed by atoms with Crippen LogP contribution in [0, 0.1) is 5.82 Å². The number of methoxy groups -OCH3 is 1. The van der Waals surface area contributed by atoms with Gasteiger partial charge in [-0.2, -0.15) is 0 Å². The van der Waals surface area contributed by atoms with Gasteiger partial charge in [0.05, 0.1) is 23.7 Å². The highest BCUT2D eigenvalue weighted by Crippen LogP contribution is 2.42. The lowest BCUT2D eigenvalue weighted by atomic mass is 9.82. The molecule has 5 aromatic rings. The van der Waals surface area contributed by atoms with E-state index in [1.54, 1.807) is 49.4 Å². The molecule has 1 unspecified atom stereocenters. The summed E-state index contributed by atoms with van der Waals surface area (Å²) in [4.78, 5) is 17.1. The second-order valence-corrected chi connectivity index (χ2v) is 8.89. The Labute approximate surface area is 207 Å². The zero-order valence-electron chi connectivity index (χ0n) is 19.5. The Morgan fingerprint density at radius 3 is 2.31 bits per heavy atom. The molecule has 0 saturated heterocycles. The highest BCUT2D eigenvalue weighted by atomic mass is 35.5. The average molecular weight is 488 g/mol. The van der Waals surface area contributed by atoms with Crippen LogP contribution >= 0.6 is 11.6 Å². The van der Waals surface area contributed by atoms with Crippen LogP contribution in [0.1, 0.15) is 16.8 Å². The Kier molecular flexibility index (Phi) is 5.79. The number of imidazole rings is 1. The average Bonchev–Trinajstić information content (AvgIpc) is 3.30. The summed E-state index contributed by atoms with van der Waals surface area (Å²) in [6.45, 7) is 0. The van der Waals surface area contributed by atoms with Gasteiger partial charge in [-0.15, -0.1) is 0 Å². The van der Waals surface area contributed by atoms with Crippen LogP contribution < -0.4 is 5.56 Å². The van der Waals surface area contributed by atoms with Gasteiger partial charge in [-0.25, -0.2) is 9.37 Å². The summed E-state index contributed by atoms with van der Waals surface area (Å²) in [6.07, 6.45) is 3.48. The number of nitrogens with zero attached hydrogens (tertiary/aromatic N) is 3. The number of halogens is 2. The van der Waals surface area contributed by atoms with Crippen LogP contribution in [-0.4, -0.2) is 21.2 Å². The van der Waals surface area contributed by atoms with Gasteiger partial charge in [0.25, 0.3) is 5.56 Å². The summed E-state index contributed by atoms with van der Waals surface area (Å²) in [5.41, 5.74) is 2.77. The molecule has 0 amide bonds. The highest BCUT2D eigenvalue weighted by molar-refractivity contribution is 6.30. The summed E-state index contributed by atoms with van der Waals surface area (Å²) in [5.74, 6) is -0.394. The van der Waals surface area contributed by atoms with E-state index in [4.69, 9.17) is 16.3 Å². The van der Waals surface area contributed by atoms with Crippen LogP contribution in [0.5, 0.6) is 0 Å². The minimum absolute atomic E-state index is 0.217. The number of hydrogen-bond donors (Lipinski definition) is 0. The Bertz CT molecular complexity index is 1610. The second kappa shape index (κ2) is 8.80. The topological polar surface area (TPSA) is 49.1 Å². The summed E-state index contributed by atoms with van der Waals surface area (Å²) < 4.78 is 24.6. The number of hydrogen-bond acceptors (Lipinski definition) is 3. The van der Waals surface area contributed by atoms with E-state index in [9.17, 15) is 9.18 Å². The van der Waals surface area contributed by atoms with E-state index in [0.29, 0.717) is 21.7 Å². The molecule has 0 aliphatic rings. The van der Waals surface area contributed by atoms with Crippen LogP contribution in [0.2, 0.25) is 5.02 Å². The van der Waals surface area contributed by atoms with E-state index in [1.165, 1.54) is 12.1 Å². The molecule has 176 valence electrons. The maximum atomic E-state index is 14.9. The van der Waals surface area contributed by atoms with E-state index < -0.39 is 11.4 Å². The minimum Gasteiger partial charge on any atom is -0.362 e. The Morgan fingerprint density at radius 2 is 1.66 bits per heavy atom. The number of rotatable bonds is 5. The molecule has 0 N–H and O–H groups in total. The molecule has 0 fully saturated rings. The summed E-state index contributed by atoms with van der Waals surface area (Å²) in [7, 11) is 5.26. The number of benzene rings is 3. The van der Waals surface area contributed by atoms with Crippen LogP contribution in [0.25, 0.3) is 22.0 Å². The van der Waals surface area contributed by atoms with Crippen molar-refractivity contribution in [2.45, 2.75) is 5.60 Å². The van der Waals surface area contributed by atoms with E-state index in [1.807, 2.05) is 54.1 Å². The number of aryl methyl sites for hydroxylation is 2. The maximum absolute atomic E-state index is 14.9. The summed E-state index contributed by atoms with van der Waals surface area (Å²) in [5, 5.41) is 1.34. The zero-order chi connectivity index (χ0) is 24.7. The third-order valence-corrected chi connectivity index (χ3v) is 6.80. The molecule has 1 atom stereocenters. The van der Waals surface area contributed by atoms with Crippen molar-refractivity contribution >= 4 is 22.5 Å². The lowest BCUT2D eigenvalue weighted by molar-refractivity contribution is 0.0525. The third-order valence-electron chi connectivity index (χ3n) is 6.55. The molecule has 0 saturated carbocycles. The molecule has 5 nitrogen and oxygen atoms in total. The Balaban J connectivity index is 1.88. The molecule has 0 aliphatic heterocycles. The van der Waals surface area contributed by atoms with Crippen molar-refractivity contribution in [1.29, 1.82) is 0 Å². The predicted octanol–water partition coefficient (Wildman–Crippen LogP) is 5.67. The van der Waals surface area contributed by atoms with Crippen molar-refractivity contribution < 1.29 is 9.13 Å². The van der Waals surface area contributed by atoms with Gasteiger partial charge < -0.3 is 13.9 Å². The molecule has 0 spiro atoms. The van der Waals surface area contributed by atoms with Crippen LogP contribution in [0.3, 0.4) is 0 Å². The van der Waals surface area contributed by atoms with Gasteiger partial charge in [0.15, 0.2) is 5.60 Å². The molecule has 2 aromatic heterocycles. The fourth-order valence-corrected chi connectivity index (χ4v) is 4.89.